The summed E-state index contributed by atoms with van der Waals surface area (Å²) in [5.41, 5.74) is 2.49. The first kappa shape index (κ1) is 19.1. The fourth-order valence-corrected chi connectivity index (χ4v) is 3.66. The van der Waals surface area contributed by atoms with Gasteiger partial charge in [0.1, 0.15) is 0 Å². The highest BCUT2D eigenvalue weighted by atomic mass is 35.5. The van der Waals surface area contributed by atoms with Crippen LogP contribution in [0.2, 0.25) is 10.0 Å². The topological polar surface area (TPSA) is 61.4 Å². The molecule has 28 heavy (non-hydrogen) atoms. The molecule has 0 atom stereocenters. The van der Waals surface area contributed by atoms with Crippen molar-refractivity contribution in [1.29, 1.82) is 0 Å². The van der Waals surface area contributed by atoms with Crippen LogP contribution in [0.15, 0.2) is 36.4 Å². The lowest BCUT2D eigenvalue weighted by molar-refractivity contribution is 0.0950. The van der Waals surface area contributed by atoms with E-state index in [1.54, 1.807) is 18.2 Å². The van der Waals surface area contributed by atoms with Crippen LogP contribution in [0.3, 0.4) is 0 Å². The highest BCUT2D eigenvalue weighted by molar-refractivity contribution is 6.42. The number of carbonyl (C=O) groups excluding carboxylic acids is 2. The average molecular weight is 418 g/mol. The number of nitrogens with one attached hydrogen (secondary N) is 2. The zero-order valence-electron chi connectivity index (χ0n) is 15.3. The number of nitrogens with zero attached hydrogens (tertiary/aromatic N) is 1. The van der Waals surface area contributed by atoms with E-state index < -0.39 is 0 Å². The Morgan fingerprint density at radius 1 is 0.929 bits per heavy atom. The lowest BCUT2D eigenvalue weighted by Gasteiger charge is -2.22. The summed E-state index contributed by atoms with van der Waals surface area (Å²) in [6, 6.07) is 10.5. The van der Waals surface area contributed by atoms with Crippen LogP contribution in [0.1, 0.15) is 46.4 Å². The van der Waals surface area contributed by atoms with E-state index in [9.17, 15) is 9.59 Å². The molecule has 1 aliphatic heterocycles. The molecule has 4 rings (SSSR count). The second-order valence-corrected chi connectivity index (χ2v) is 8.07. The third-order valence-electron chi connectivity index (χ3n) is 5.04. The Hall–Kier alpha value is -2.24. The van der Waals surface area contributed by atoms with Crippen molar-refractivity contribution in [2.75, 3.05) is 23.3 Å². The van der Waals surface area contributed by atoms with Gasteiger partial charge < -0.3 is 15.5 Å². The summed E-state index contributed by atoms with van der Waals surface area (Å²) in [4.78, 5) is 27.6. The Kier molecular flexibility index (Phi) is 5.47. The zero-order valence-corrected chi connectivity index (χ0v) is 16.8. The Balaban J connectivity index is 1.58. The summed E-state index contributed by atoms with van der Waals surface area (Å²) < 4.78 is 0. The van der Waals surface area contributed by atoms with Crippen molar-refractivity contribution in [3.8, 4) is 0 Å². The van der Waals surface area contributed by atoms with E-state index in [1.807, 2.05) is 12.1 Å². The maximum absolute atomic E-state index is 12.8. The van der Waals surface area contributed by atoms with Gasteiger partial charge in [-0.2, -0.15) is 0 Å². The molecule has 2 aromatic carbocycles. The summed E-state index contributed by atoms with van der Waals surface area (Å²) in [6.07, 6.45) is 4.30. The van der Waals surface area contributed by atoms with Crippen LogP contribution in [-0.2, 0) is 0 Å². The minimum atomic E-state index is -0.305. The molecule has 7 heteroatoms. The highest BCUT2D eigenvalue weighted by Crippen LogP contribution is 2.29. The second kappa shape index (κ2) is 8.02. The molecule has 2 aromatic rings. The fraction of sp³-hybridized carbons (Fsp3) is 0.333. The molecule has 1 heterocycles. The van der Waals surface area contributed by atoms with Crippen LogP contribution in [0.4, 0.5) is 11.4 Å². The van der Waals surface area contributed by atoms with Gasteiger partial charge in [-0.3, -0.25) is 9.59 Å². The first-order valence-corrected chi connectivity index (χ1v) is 10.2. The Bertz CT molecular complexity index is 922. The van der Waals surface area contributed by atoms with E-state index in [0.717, 1.165) is 44.5 Å². The van der Waals surface area contributed by atoms with Gasteiger partial charge in [-0.1, -0.05) is 23.2 Å². The Labute approximate surface area is 174 Å². The molecule has 2 amide bonds. The van der Waals surface area contributed by atoms with E-state index >= 15 is 0 Å². The van der Waals surface area contributed by atoms with Gasteiger partial charge in [-0.25, -0.2) is 0 Å². The van der Waals surface area contributed by atoms with Crippen molar-refractivity contribution in [2.45, 2.75) is 31.7 Å². The van der Waals surface area contributed by atoms with Crippen molar-refractivity contribution < 1.29 is 9.59 Å². The van der Waals surface area contributed by atoms with Gasteiger partial charge in [0, 0.05) is 36.1 Å². The molecule has 146 valence electrons. The predicted molar refractivity (Wildman–Crippen MR) is 113 cm³/mol. The van der Waals surface area contributed by atoms with Crippen LogP contribution in [0.25, 0.3) is 0 Å². The summed E-state index contributed by atoms with van der Waals surface area (Å²) >= 11 is 11.9. The predicted octanol–water partition coefficient (Wildman–Crippen LogP) is 4.74. The van der Waals surface area contributed by atoms with Crippen LogP contribution in [0, 0.1) is 0 Å². The standard InChI is InChI=1S/C21H21Cl2N3O2/c22-17-7-3-13(11-18(17)23)20(27)25-15-6-8-19(26-9-1-2-10-26)16(12-15)21(28)24-14-4-5-14/h3,6-8,11-12,14H,1-2,4-5,9-10H2,(H,24,28)(H,25,27). The molecule has 0 aromatic heterocycles. The van der Waals surface area contributed by atoms with Crippen molar-refractivity contribution in [2.24, 2.45) is 0 Å². The van der Waals surface area contributed by atoms with Gasteiger partial charge >= 0.3 is 0 Å². The van der Waals surface area contributed by atoms with Gasteiger partial charge in [-0.05, 0) is 62.1 Å². The third-order valence-corrected chi connectivity index (χ3v) is 5.78. The van der Waals surface area contributed by atoms with E-state index in [0.29, 0.717) is 26.9 Å². The van der Waals surface area contributed by atoms with Crippen LogP contribution in [-0.4, -0.2) is 30.9 Å². The maximum atomic E-state index is 12.8. The normalized spacial score (nSPS) is 16.1. The SMILES string of the molecule is O=C(Nc1ccc(N2CCCC2)c(C(=O)NC2CC2)c1)c1ccc(Cl)c(Cl)c1. The summed E-state index contributed by atoms with van der Waals surface area (Å²) in [5, 5.41) is 6.62. The van der Waals surface area contributed by atoms with E-state index in [-0.39, 0.29) is 17.9 Å². The molecule has 0 radical (unpaired) electrons. The van der Waals surface area contributed by atoms with Crippen molar-refractivity contribution >= 4 is 46.4 Å². The lowest BCUT2D eigenvalue weighted by Crippen LogP contribution is -2.29. The fourth-order valence-electron chi connectivity index (χ4n) is 3.36. The van der Waals surface area contributed by atoms with Gasteiger partial charge in [0.25, 0.3) is 11.8 Å². The number of benzene rings is 2. The van der Waals surface area contributed by atoms with Crippen molar-refractivity contribution in [1.82, 2.24) is 5.32 Å². The quantitative estimate of drug-likeness (QED) is 0.738. The molecule has 0 unspecified atom stereocenters. The van der Waals surface area contributed by atoms with Crippen LogP contribution >= 0.6 is 23.2 Å². The summed E-state index contributed by atoms with van der Waals surface area (Å²) in [6.45, 7) is 1.89. The molecule has 2 aliphatic rings. The molecular formula is C21H21Cl2N3O2. The molecular weight excluding hydrogens is 397 g/mol. The van der Waals surface area contributed by atoms with Gasteiger partial charge in [0.15, 0.2) is 0 Å². The molecule has 0 spiro atoms. The number of hydrogen-bond donors (Lipinski definition) is 2. The monoisotopic (exact) mass is 417 g/mol. The number of rotatable bonds is 5. The van der Waals surface area contributed by atoms with E-state index in [1.165, 1.54) is 6.07 Å². The molecule has 2 fully saturated rings. The maximum Gasteiger partial charge on any atom is 0.255 e. The number of carbonyl (C=O) groups is 2. The number of hydrogen-bond acceptors (Lipinski definition) is 3. The van der Waals surface area contributed by atoms with E-state index in [4.69, 9.17) is 23.2 Å². The minimum absolute atomic E-state index is 0.0879. The number of amides is 2. The smallest absolute Gasteiger partial charge is 0.255 e. The second-order valence-electron chi connectivity index (χ2n) is 7.26. The zero-order chi connectivity index (χ0) is 19.7. The summed E-state index contributed by atoms with van der Waals surface area (Å²) in [7, 11) is 0. The molecule has 1 aliphatic carbocycles. The molecule has 2 N–H and O–H groups in total. The molecule has 1 saturated carbocycles. The van der Waals surface area contributed by atoms with Gasteiger partial charge in [0.05, 0.1) is 15.6 Å². The lowest BCUT2D eigenvalue weighted by atomic mass is 10.1. The third kappa shape index (κ3) is 4.26. The molecule has 0 bridgehead atoms. The first-order chi connectivity index (χ1) is 13.5. The Morgan fingerprint density at radius 2 is 1.68 bits per heavy atom. The van der Waals surface area contributed by atoms with Gasteiger partial charge in [0.2, 0.25) is 0 Å². The van der Waals surface area contributed by atoms with Crippen molar-refractivity contribution in [3.05, 3.63) is 57.6 Å². The first-order valence-electron chi connectivity index (χ1n) is 9.47. The molecule has 1 saturated heterocycles. The number of halogens is 2. The van der Waals surface area contributed by atoms with Crippen LogP contribution in [0.5, 0.6) is 0 Å². The van der Waals surface area contributed by atoms with Gasteiger partial charge in [-0.15, -0.1) is 0 Å². The Morgan fingerprint density at radius 3 is 2.36 bits per heavy atom. The molecule has 5 nitrogen and oxygen atoms in total. The minimum Gasteiger partial charge on any atom is -0.371 e. The van der Waals surface area contributed by atoms with Crippen molar-refractivity contribution in [3.63, 3.8) is 0 Å². The average Bonchev–Trinajstić information content (AvgIpc) is 3.32. The van der Waals surface area contributed by atoms with Crippen LogP contribution < -0.4 is 15.5 Å². The highest BCUT2D eigenvalue weighted by Gasteiger charge is 2.27. The summed E-state index contributed by atoms with van der Waals surface area (Å²) in [5.74, 6) is -0.393. The largest absolute Gasteiger partial charge is 0.371 e. The van der Waals surface area contributed by atoms with E-state index in [2.05, 4.69) is 15.5 Å². The number of anilines is 2.